The predicted molar refractivity (Wildman–Crippen MR) is 103 cm³/mol. The van der Waals surface area contributed by atoms with Crippen molar-refractivity contribution < 1.29 is 4.79 Å². The number of hydrogen-bond donors (Lipinski definition) is 2. The summed E-state index contributed by atoms with van der Waals surface area (Å²) >= 11 is 0. The molecule has 136 valence electrons. The molecule has 1 aromatic heterocycles. The molecule has 0 spiro atoms. The van der Waals surface area contributed by atoms with Crippen molar-refractivity contribution in [3.05, 3.63) is 68.1 Å². The van der Waals surface area contributed by atoms with Crippen molar-refractivity contribution >= 4 is 5.91 Å². The van der Waals surface area contributed by atoms with E-state index in [4.69, 9.17) is 0 Å². The quantitative estimate of drug-likeness (QED) is 0.892. The lowest BCUT2D eigenvalue weighted by Gasteiger charge is -2.31. The average molecular weight is 350 g/mol. The molecule has 26 heavy (non-hydrogen) atoms. The van der Waals surface area contributed by atoms with E-state index in [1.54, 1.807) is 6.07 Å². The van der Waals surface area contributed by atoms with Crippen molar-refractivity contribution in [3.63, 3.8) is 0 Å². The summed E-state index contributed by atoms with van der Waals surface area (Å²) in [7, 11) is 0. The molecular formula is C22H26N2O2. The van der Waals surface area contributed by atoms with E-state index in [0.29, 0.717) is 6.54 Å². The van der Waals surface area contributed by atoms with Crippen LogP contribution in [0.5, 0.6) is 0 Å². The SMILES string of the molecule is CC1(C)CCc2[nH]c(=O)c(C(=O)NCc3ccc4c(c3)CCC4)cc2C1. The van der Waals surface area contributed by atoms with E-state index < -0.39 is 0 Å². The normalized spacial score (nSPS) is 17.5. The molecule has 0 aliphatic heterocycles. The maximum atomic E-state index is 12.6. The summed E-state index contributed by atoms with van der Waals surface area (Å²) in [5, 5.41) is 2.92. The molecule has 0 atom stereocenters. The Kier molecular flexibility index (Phi) is 4.22. The number of hydrogen-bond acceptors (Lipinski definition) is 2. The minimum absolute atomic E-state index is 0.212. The largest absolute Gasteiger partial charge is 0.348 e. The van der Waals surface area contributed by atoms with Gasteiger partial charge in [0, 0.05) is 12.2 Å². The van der Waals surface area contributed by atoms with Gasteiger partial charge in [-0.1, -0.05) is 32.0 Å². The standard InChI is InChI=1S/C22H26N2O2/c1-22(2)9-8-19-17(12-22)11-18(21(26)24-19)20(25)23-13-14-6-7-15-4-3-5-16(15)10-14/h6-7,10-11H,3-5,8-9,12-13H2,1-2H3,(H,23,25)(H,24,26). The number of carbonyl (C=O) groups is 1. The van der Waals surface area contributed by atoms with E-state index in [9.17, 15) is 9.59 Å². The van der Waals surface area contributed by atoms with Crippen LogP contribution in [0.25, 0.3) is 0 Å². The van der Waals surface area contributed by atoms with Gasteiger partial charge in [-0.25, -0.2) is 0 Å². The van der Waals surface area contributed by atoms with E-state index in [0.717, 1.165) is 48.9 Å². The Morgan fingerprint density at radius 1 is 1.12 bits per heavy atom. The number of nitrogens with one attached hydrogen (secondary N) is 2. The lowest BCUT2D eigenvalue weighted by atomic mass is 9.76. The van der Waals surface area contributed by atoms with Crippen LogP contribution < -0.4 is 10.9 Å². The van der Waals surface area contributed by atoms with Crippen LogP contribution in [0.2, 0.25) is 0 Å². The summed E-state index contributed by atoms with van der Waals surface area (Å²) in [6, 6.07) is 8.22. The van der Waals surface area contributed by atoms with Crippen LogP contribution in [0.15, 0.2) is 29.1 Å². The van der Waals surface area contributed by atoms with Crippen molar-refractivity contribution in [2.24, 2.45) is 5.41 Å². The predicted octanol–water partition coefficient (Wildman–Crippen LogP) is 3.31. The number of rotatable bonds is 3. The Labute approximate surface area is 154 Å². The molecular weight excluding hydrogens is 324 g/mol. The van der Waals surface area contributed by atoms with Gasteiger partial charge >= 0.3 is 0 Å². The topological polar surface area (TPSA) is 62.0 Å². The van der Waals surface area contributed by atoms with Crippen molar-refractivity contribution in [1.82, 2.24) is 10.3 Å². The summed E-state index contributed by atoms with van der Waals surface area (Å²) < 4.78 is 0. The number of benzene rings is 1. The second-order valence-corrected chi connectivity index (χ2v) is 8.50. The molecule has 4 heteroatoms. The fraction of sp³-hybridized carbons (Fsp3) is 0.455. The molecule has 2 aliphatic carbocycles. The molecule has 4 nitrogen and oxygen atoms in total. The number of aromatic amines is 1. The Morgan fingerprint density at radius 2 is 1.92 bits per heavy atom. The minimum Gasteiger partial charge on any atom is -0.348 e. The molecule has 2 N–H and O–H groups in total. The summed E-state index contributed by atoms with van der Waals surface area (Å²) in [5.74, 6) is -0.294. The van der Waals surface area contributed by atoms with Crippen LogP contribution in [0, 0.1) is 5.41 Å². The van der Waals surface area contributed by atoms with E-state index >= 15 is 0 Å². The van der Waals surface area contributed by atoms with Crippen LogP contribution >= 0.6 is 0 Å². The third-order valence-corrected chi connectivity index (χ3v) is 5.80. The molecule has 0 unspecified atom stereocenters. The lowest BCUT2D eigenvalue weighted by Crippen LogP contribution is -2.32. The molecule has 0 saturated heterocycles. The third-order valence-electron chi connectivity index (χ3n) is 5.80. The van der Waals surface area contributed by atoms with E-state index in [1.807, 2.05) is 0 Å². The number of H-pyrrole nitrogens is 1. The van der Waals surface area contributed by atoms with Gasteiger partial charge in [0.1, 0.15) is 5.56 Å². The highest BCUT2D eigenvalue weighted by Gasteiger charge is 2.27. The molecule has 1 amide bonds. The molecule has 0 bridgehead atoms. The maximum absolute atomic E-state index is 12.6. The zero-order valence-electron chi connectivity index (χ0n) is 15.6. The highest BCUT2D eigenvalue weighted by molar-refractivity contribution is 5.94. The average Bonchev–Trinajstić information content (AvgIpc) is 3.06. The minimum atomic E-state index is -0.294. The molecule has 1 heterocycles. The highest BCUT2D eigenvalue weighted by atomic mass is 16.2. The lowest BCUT2D eigenvalue weighted by molar-refractivity contribution is 0.0949. The Bertz CT molecular complexity index is 924. The first-order valence-corrected chi connectivity index (χ1v) is 9.55. The van der Waals surface area contributed by atoms with Gasteiger partial charge in [-0.2, -0.15) is 0 Å². The molecule has 1 aromatic carbocycles. The van der Waals surface area contributed by atoms with Gasteiger partial charge in [0.15, 0.2) is 0 Å². The zero-order valence-corrected chi connectivity index (χ0v) is 15.6. The van der Waals surface area contributed by atoms with Crippen LogP contribution in [-0.4, -0.2) is 10.9 Å². The second kappa shape index (κ2) is 6.42. The molecule has 2 aromatic rings. The second-order valence-electron chi connectivity index (χ2n) is 8.50. The van der Waals surface area contributed by atoms with E-state index in [-0.39, 0.29) is 22.4 Å². The number of amides is 1. The van der Waals surface area contributed by atoms with E-state index in [2.05, 4.69) is 42.3 Å². The Hall–Kier alpha value is -2.36. The fourth-order valence-corrected chi connectivity index (χ4v) is 4.24. The Balaban J connectivity index is 1.51. The number of aryl methyl sites for hydroxylation is 3. The first kappa shape index (κ1) is 17.1. The summed E-state index contributed by atoms with van der Waals surface area (Å²) in [4.78, 5) is 27.9. The van der Waals surface area contributed by atoms with Gasteiger partial charge in [0.2, 0.25) is 0 Å². The van der Waals surface area contributed by atoms with Gasteiger partial charge in [-0.05, 0) is 72.3 Å². The number of aromatic nitrogens is 1. The van der Waals surface area contributed by atoms with E-state index in [1.165, 1.54) is 17.5 Å². The number of pyridine rings is 1. The molecule has 0 radical (unpaired) electrons. The molecule has 4 rings (SSSR count). The third kappa shape index (κ3) is 3.33. The first-order chi connectivity index (χ1) is 12.4. The van der Waals surface area contributed by atoms with Gasteiger partial charge in [0.25, 0.3) is 11.5 Å². The van der Waals surface area contributed by atoms with Gasteiger partial charge < -0.3 is 10.3 Å². The summed E-state index contributed by atoms with van der Waals surface area (Å²) in [5.41, 5.74) is 6.16. The summed E-state index contributed by atoms with van der Waals surface area (Å²) in [6.45, 7) is 4.91. The van der Waals surface area contributed by atoms with Crippen LogP contribution in [0.4, 0.5) is 0 Å². The Morgan fingerprint density at radius 3 is 2.77 bits per heavy atom. The van der Waals surface area contributed by atoms with Gasteiger partial charge in [-0.15, -0.1) is 0 Å². The van der Waals surface area contributed by atoms with Crippen LogP contribution in [-0.2, 0) is 32.2 Å². The summed E-state index contributed by atoms with van der Waals surface area (Å²) in [6.07, 6.45) is 6.31. The van der Waals surface area contributed by atoms with Crippen LogP contribution in [0.1, 0.15) is 65.0 Å². The van der Waals surface area contributed by atoms with Gasteiger partial charge in [0.05, 0.1) is 0 Å². The van der Waals surface area contributed by atoms with Crippen molar-refractivity contribution in [2.75, 3.05) is 0 Å². The first-order valence-electron chi connectivity index (χ1n) is 9.55. The molecule has 0 fully saturated rings. The molecule has 2 aliphatic rings. The molecule has 0 saturated carbocycles. The van der Waals surface area contributed by atoms with Crippen molar-refractivity contribution in [2.45, 2.75) is 58.9 Å². The number of fused-ring (bicyclic) bond motifs is 2. The van der Waals surface area contributed by atoms with Crippen molar-refractivity contribution in [1.29, 1.82) is 0 Å². The monoisotopic (exact) mass is 350 g/mol. The van der Waals surface area contributed by atoms with Crippen molar-refractivity contribution in [3.8, 4) is 0 Å². The highest BCUT2D eigenvalue weighted by Crippen LogP contribution is 2.33. The fourth-order valence-electron chi connectivity index (χ4n) is 4.24. The number of carbonyl (C=O) groups excluding carboxylic acids is 1. The smallest absolute Gasteiger partial charge is 0.261 e. The van der Waals surface area contributed by atoms with Gasteiger partial charge in [-0.3, -0.25) is 9.59 Å². The van der Waals surface area contributed by atoms with Crippen LogP contribution in [0.3, 0.4) is 0 Å². The zero-order chi connectivity index (χ0) is 18.3. The maximum Gasteiger partial charge on any atom is 0.261 e.